The van der Waals surface area contributed by atoms with E-state index in [1.54, 1.807) is 7.11 Å². The summed E-state index contributed by atoms with van der Waals surface area (Å²) in [5, 5.41) is 6.74. The average Bonchev–Trinajstić information content (AvgIpc) is 3.75. The fourth-order valence-electron chi connectivity index (χ4n) is 5.93. The van der Waals surface area contributed by atoms with Gasteiger partial charge in [0.05, 0.1) is 35.6 Å². The van der Waals surface area contributed by atoms with Gasteiger partial charge in [-0.2, -0.15) is 0 Å². The average molecular weight is 612 g/mol. The predicted molar refractivity (Wildman–Crippen MR) is 164 cm³/mol. The van der Waals surface area contributed by atoms with Crippen LogP contribution in [0.4, 0.5) is 14.5 Å². The molecule has 7 rings (SSSR count). The summed E-state index contributed by atoms with van der Waals surface area (Å²) in [4.78, 5) is 25.0. The maximum atomic E-state index is 14.4. The number of anilines is 1. The number of nitrogens with zero attached hydrogens (tertiary/aromatic N) is 5. The quantitative estimate of drug-likeness (QED) is 0.190. The van der Waals surface area contributed by atoms with Crippen LogP contribution in [0.25, 0.3) is 38.5 Å². The van der Waals surface area contributed by atoms with Crippen molar-refractivity contribution < 1.29 is 22.8 Å². The van der Waals surface area contributed by atoms with E-state index in [1.165, 1.54) is 22.3 Å². The molecule has 0 unspecified atom stereocenters. The van der Waals surface area contributed by atoms with Crippen molar-refractivity contribution in [3.8, 4) is 33.3 Å². The van der Waals surface area contributed by atoms with Crippen molar-refractivity contribution in [1.29, 1.82) is 0 Å². The number of halogens is 2. The number of hydrogen-bond donors (Lipinski definition) is 0. The Morgan fingerprint density at radius 1 is 1.00 bits per heavy atom. The summed E-state index contributed by atoms with van der Waals surface area (Å²) in [7, 11) is 1.62. The molecule has 3 aromatic heterocycles. The Bertz CT molecular complexity index is 2030. The summed E-state index contributed by atoms with van der Waals surface area (Å²) in [5.74, 6) is -0.159. The number of fused-ring (bicyclic) bond motifs is 1. The minimum Gasteiger partial charge on any atom is -0.497 e. The van der Waals surface area contributed by atoms with Gasteiger partial charge in [0.2, 0.25) is 5.91 Å². The molecule has 0 N–H and O–H groups in total. The van der Waals surface area contributed by atoms with Crippen LogP contribution in [0, 0.1) is 25.5 Å². The number of hydrogen-bond acceptors (Lipinski definition) is 7. The molecule has 4 heterocycles. The van der Waals surface area contributed by atoms with Crippen molar-refractivity contribution >= 4 is 34.0 Å². The van der Waals surface area contributed by atoms with Gasteiger partial charge in [0.15, 0.2) is 16.8 Å². The molecule has 0 saturated carbocycles. The summed E-state index contributed by atoms with van der Waals surface area (Å²) in [6.07, 6.45) is 1.51. The molecule has 0 spiro atoms. The van der Waals surface area contributed by atoms with Crippen molar-refractivity contribution in [2.45, 2.75) is 39.2 Å². The van der Waals surface area contributed by atoms with E-state index in [0.717, 1.165) is 51.5 Å². The second-order valence-corrected chi connectivity index (χ2v) is 11.6. The van der Waals surface area contributed by atoms with Gasteiger partial charge in [-0.15, -0.1) is 11.3 Å². The van der Waals surface area contributed by atoms with Gasteiger partial charge in [-0.05, 0) is 68.7 Å². The number of thiazole rings is 1. The molecular formula is C33H27F2N5O3S. The summed E-state index contributed by atoms with van der Waals surface area (Å²) in [5.41, 5.74) is 6.00. The topological polar surface area (TPSA) is 86.3 Å². The lowest BCUT2D eigenvalue weighted by molar-refractivity contribution is -0.120. The first kappa shape index (κ1) is 27.9. The number of ether oxygens (including phenoxy) is 1. The first-order valence-electron chi connectivity index (χ1n) is 14.2. The second-order valence-electron chi connectivity index (χ2n) is 10.7. The monoisotopic (exact) mass is 611 g/mol. The fourth-order valence-corrected chi connectivity index (χ4v) is 6.78. The molecule has 0 aliphatic carbocycles. The Hall–Kier alpha value is -4.90. The van der Waals surface area contributed by atoms with Gasteiger partial charge in [0.1, 0.15) is 17.3 Å². The molecule has 1 fully saturated rings. The van der Waals surface area contributed by atoms with E-state index in [-0.39, 0.29) is 11.6 Å². The van der Waals surface area contributed by atoms with Crippen molar-refractivity contribution in [2.24, 2.45) is 0 Å². The highest BCUT2D eigenvalue weighted by atomic mass is 32.1. The standard InChI is InChI=1S/C33H27F2N5O3S/c1-18-31(19(2)43-38-18)21-10-13-28-26(15-21)36-32(29-8-5-9-30(41)39(29)22-11-12-24(34)25(35)16-22)40(28)33-37-27(17-44-33)20-6-4-7-23(14-20)42-3/h4,6-7,10-17,29H,5,8-9H2,1-3H3/t29-/m0/s1. The summed E-state index contributed by atoms with van der Waals surface area (Å²) in [6.45, 7) is 3.76. The smallest absolute Gasteiger partial charge is 0.227 e. The van der Waals surface area contributed by atoms with Crippen LogP contribution >= 0.6 is 11.3 Å². The lowest BCUT2D eigenvalue weighted by Gasteiger charge is -2.35. The zero-order valence-corrected chi connectivity index (χ0v) is 25.0. The Morgan fingerprint density at radius 3 is 2.64 bits per heavy atom. The number of carbonyl (C=O) groups excluding carboxylic acids is 1. The molecular weight excluding hydrogens is 584 g/mol. The largest absolute Gasteiger partial charge is 0.497 e. The summed E-state index contributed by atoms with van der Waals surface area (Å²) < 4.78 is 41.1. The van der Waals surface area contributed by atoms with Crippen LogP contribution in [0.1, 0.15) is 42.6 Å². The van der Waals surface area contributed by atoms with Crippen molar-refractivity contribution in [2.75, 3.05) is 12.0 Å². The zero-order valence-electron chi connectivity index (χ0n) is 24.2. The molecule has 1 atom stereocenters. The maximum Gasteiger partial charge on any atom is 0.227 e. The molecule has 3 aromatic carbocycles. The molecule has 44 heavy (non-hydrogen) atoms. The molecule has 222 valence electrons. The highest BCUT2D eigenvalue weighted by Crippen LogP contribution is 2.40. The molecule has 1 aliphatic rings. The van der Waals surface area contributed by atoms with Crippen molar-refractivity contribution in [3.05, 3.63) is 95.0 Å². The molecule has 11 heteroatoms. The van der Waals surface area contributed by atoms with E-state index in [0.29, 0.717) is 41.5 Å². The highest BCUT2D eigenvalue weighted by molar-refractivity contribution is 7.12. The van der Waals surface area contributed by atoms with Crippen LogP contribution in [-0.4, -0.2) is 32.7 Å². The predicted octanol–water partition coefficient (Wildman–Crippen LogP) is 7.97. The Kier molecular flexibility index (Phi) is 6.97. The fraction of sp³-hybridized carbons (Fsp3) is 0.212. The van der Waals surface area contributed by atoms with Gasteiger partial charge in [0, 0.05) is 34.7 Å². The van der Waals surface area contributed by atoms with Gasteiger partial charge < -0.3 is 14.2 Å². The van der Waals surface area contributed by atoms with Crippen LogP contribution in [0.2, 0.25) is 0 Å². The second kappa shape index (κ2) is 11.0. The number of carbonyl (C=O) groups is 1. The molecule has 1 aliphatic heterocycles. The number of rotatable bonds is 6. The summed E-state index contributed by atoms with van der Waals surface area (Å²) >= 11 is 1.45. The van der Waals surface area contributed by atoms with Crippen LogP contribution in [0.15, 0.2) is 70.6 Å². The van der Waals surface area contributed by atoms with E-state index in [9.17, 15) is 13.6 Å². The maximum absolute atomic E-state index is 14.4. The molecule has 1 amide bonds. The van der Waals surface area contributed by atoms with E-state index in [1.807, 2.05) is 66.3 Å². The van der Waals surface area contributed by atoms with Gasteiger partial charge >= 0.3 is 0 Å². The lowest BCUT2D eigenvalue weighted by Crippen LogP contribution is -2.39. The van der Waals surface area contributed by atoms with E-state index >= 15 is 0 Å². The zero-order chi connectivity index (χ0) is 30.5. The van der Waals surface area contributed by atoms with Crippen molar-refractivity contribution in [3.63, 3.8) is 0 Å². The number of imidazole rings is 1. The van der Waals surface area contributed by atoms with Crippen molar-refractivity contribution in [1.82, 2.24) is 19.7 Å². The third kappa shape index (κ3) is 4.73. The number of amides is 1. The summed E-state index contributed by atoms with van der Waals surface area (Å²) in [6, 6.07) is 16.6. The number of methoxy groups -OCH3 is 1. The van der Waals surface area contributed by atoms with E-state index < -0.39 is 17.7 Å². The SMILES string of the molecule is COc1cccc(-c2csc(-n3c([C@@H]4CCCC(=O)N4c4ccc(F)c(F)c4)nc4cc(-c5c(C)noc5C)ccc43)n2)c1. The minimum atomic E-state index is -1.01. The van der Waals surface area contributed by atoms with Crippen LogP contribution in [0.3, 0.4) is 0 Å². The van der Waals surface area contributed by atoms with Crippen LogP contribution < -0.4 is 9.64 Å². The number of benzene rings is 3. The number of piperidine rings is 1. The minimum absolute atomic E-state index is 0.182. The highest BCUT2D eigenvalue weighted by Gasteiger charge is 2.35. The van der Waals surface area contributed by atoms with Gasteiger partial charge in [-0.25, -0.2) is 18.7 Å². The van der Waals surface area contributed by atoms with Gasteiger partial charge in [-0.1, -0.05) is 23.4 Å². The Labute approximate surface area is 255 Å². The molecule has 1 saturated heterocycles. The molecule has 0 bridgehead atoms. The molecule has 0 radical (unpaired) electrons. The van der Waals surface area contributed by atoms with E-state index in [4.69, 9.17) is 19.2 Å². The first-order valence-corrected chi connectivity index (χ1v) is 15.0. The van der Waals surface area contributed by atoms with Crippen LogP contribution in [-0.2, 0) is 4.79 Å². The first-order chi connectivity index (χ1) is 21.3. The third-order valence-electron chi connectivity index (χ3n) is 7.98. The number of aromatic nitrogens is 4. The Morgan fingerprint density at radius 2 is 1.86 bits per heavy atom. The number of aryl methyl sites for hydroxylation is 2. The third-order valence-corrected chi connectivity index (χ3v) is 8.81. The molecule has 6 aromatic rings. The normalized spacial score (nSPS) is 15.3. The van der Waals surface area contributed by atoms with Crippen LogP contribution in [0.5, 0.6) is 5.75 Å². The molecule has 8 nitrogen and oxygen atoms in total. The van der Waals surface area contributed by atoms with E-state index in [2.05, 4.69) is 5.16 Å². The van der Waals surface area contributed by atoms with Gasteiger partial charge in [-0.3, -0.25) is 9.36 Å². The lowest BCUT2D eigenvalue weighted by atomic mass is 9.99. The Balaban J connectivity index is 1.42. The van der Waals surface area contributed by atoms with Gasteiger partial charge in [0.25, 0.3) is 0 Å².